The highest BCUT2D eigenvalue weighted by molar-refractivity contribution is 5.30. The van der Waals surface area contributed by atoms with Gasteiger partial charge in [0, 0.05) is 0 Å². The summed E-state index contributed by atoms with van der Waals surface area (Å²) in [5.41, 5.74) is 0.247. The van der Waals surface area contributed by atoms with Crippen molar-refractivity contribution in [1.82, 2.24) is 0 Å². The Bertz CT molecular complexity index is 314. The normalized spacial score (nSPS) is 14.4. The van der Waals surface area contributed by atoms with Crippen LogP contribution in [0.1, 0.15) is 52.0 Å². The van der Waals surface area contributed by atoms with E-state index < -0.39 is 5.60 Å². The minimum absolute atomic E-state index is 0.673. The lowest BCUT2D eigenvalue weighted by molar-refractivity contribution is 0.0449. The Hall–Kier alpha value is -1.02. The summed E-state index contributed by atoms with van der Waals surface area (Å²) >= 11 is 0. The average Bonchev–Trinajstić information content (AvgIpc) is 2.30. The van der Waals surface area contributed by atoms with Gasteiger partial charge < -0.3 is 9.84 Å². The van der Waals surface area contributed by atoms with Gasteiger partial charge in [0.2, 0.25) is 0 Å². The summed E-state index contributed by atoms with van der Waals surface area (Å²) in [4.78, 5) is 0. The van der Waals surface area contributed by atoms with Gasteiger partial charge in [0.15, 0.2) is 0 Å². The molecule has 1 atom stereocenters. The number of benzene rings is 1. The van der Waals surface area contributed by atoms with Gasteiger partial charge in [0.05, 0.1) is 12.2 Å². The molecule has 0 saturated carbocycles. The molecule has 1 rings (SSSR count). The van der Waals surface area contributed by atoms with Gasteiger partial charge in [0.25, 0.3) is 0 Å². The minimum atomic E-state index is -0.722. The van der Waals surface area contributed by atoms with Crippen LogP contribution < -0.4 is 4.74 Å². The molecule has 0 heterocycles. The third-order valence-electron chi connectivity index (χ3n) is 3.05. The van der Waals surface area contributed by atoms with E-state index in [0.29, 0.717) is 6.61 Å². The molecule has 17 heavy (non-hydrogen) atoms. The lowest BCUT2D eigenvalue weighted by atomic mass is 9.90. The maximum atomic E-state index is 10.4. The van der Waals surface area contributed by atoms with E-state index in [-0.39, 0.29) is 0 Å². The van der Waals surface area contributed by atoms with Gasteiger partial charge in [-0.25, -0.2) is 0 Å². The quantitative estimate of drug-likeness (QED) is 0.728. The fraction of sp³-hybridized carbons (Fsp3) is 0.600. The first-order valence-corrected chi connectivity index (χ1v) is 6.56. The number of ether oxygens (including phenoxy) is 1. The first kappa shape index (κ1) is 14.0. The molecular formula is C15H24O2. The molecule has 2 heteroatoms. The number of unbranched alkanes of at least 4 members (excludes halogenated alkanes) is 2. The van der Waals surface area contributed by atoms with Crippen molar-refractivity contribution in [1.29, 1.82) is 0 Å². The molecule has 2 nitrogen and oxygen atoms in total. The molecule has 1 unspecified atom stereocenters. The molecule has 0 aliphatic carbocycles. The SMILES string of the molecule is CCCCCC(C)(O)c1ccc(OCC)cc1. The summed E-state index contributed by atoms with van der Waals surface area (Å²) in [6, 6.07) is 7.76. The Labute approximate surface area is 105 Å². The van der Waals surface area contributed by atoms with Gasteiger partial charge in [0.1, 0.15) is 5.75 Å². The zero-order valence-corrected chi connectivity index (χ0v) is 11.2. The van der Waals surface area contributed by atoms with Crippen LogP contribution in [0.5, 0.6) is 5.75 Å². The number of hydrogen-bond acceptors (Lipinski definition) is 2. The topological polar surface area (TPSA) is 29.5 Å². The molecule has 0 saturated heterocycles. The van der Waals surface area contributed by atoms with E-state index in [9.17, 15) is 5.11 Å². The predicted octanol–water partition coefficient (Wildman–Crippen LogP) is 3.87. The van der Waals surface area contributed by atoms with Crippen molar-refractivity contribution in [3.05, 3.63) is 29.8 Å². The molecule has 0 amide bonds. The van der Waals surface area contributed by atoms with Crippen LogP contribution in [0.15, 0.2) is 24.3 Å². The number of aliphatic hydroxyl groups is 1. The molecule has 0 fully saturated rings. The molecule has 0 radical (unpaired) electrons. The van der Waals surface area contributed by atoms with Gasteiger partial charge in [-0.3, -0.25) is 0 Å². The summed E-state index contributed by atoms with van der Waals surface area (Å²) in [5.74, 6) is 0.862. The maximum absolute atomic E-state index is 10.4. The van der Waals surface area contributed by atoms with Crippen LogP contribution in [-0.2, 0) is 5.60 Å². The summed E-state index contributed by atoms with van der Waals surface area (Å²) in [6.07, 6.45) is 4.23. The number of rotatable bonds is 7. The molecule has 96 valence electrons. The zero-order valence-electron chi connectivity index (χ0n) is 11.2. The fourth-order valence-electron chi connectivity index (χ4n) is 1.94. The monoisotopic (exact) mass is 236 g/mol. The van der Waals surface area contributed by atoms with E-state index in [1.807, 2.05) is 38.1 Å². The summed E-state index contributed by atoms with van der Waals surface area (Å²) < 4.78 is 5.39. The Morgan fingerprint density at radius 2 is 1.76 bits per heavy atom. The summed E-state index contributed by atoms with van der Waals surface area (Å²) in [5, 5.41) is 10.4. The maximum Gasteiger partial charge on any atom is 0.119 e. The molecule has 0 aliphatic heterocycles. The molecule has 0 aromatic heterocycles. The lowest BCUT2D eigenvalue weighted by Crippen LogP contribution is -2.20. The van der Waals surface area contributed by atoms with Crippen LogP contribution in [0.25, 0.3) is 0 Å². The Kier molecular flexibility index (Phi) is 5.49. The van der Waals surface area contributed by atoms with Crippen molar-refractivity contribution in [2.75, 3.05) is 6.61 Å². The van der Waals surface area contributed by atoms with Gasteiger partial charge in [-0.15, -0.1) is 0 Å². The van der Waals surface area contributed by atoms with Gasteiger partial charge in [-0.05, 0) is 38.0 Å². The molecule has 0 spiro atoms. The summed E-state index contributed by atoms with van der Waals surface area (Å²) in [7, 11) is 0. The van der Waals surface area contributed by atoms with Crippen LogP contribution in [-0.4, -0.2) is 11.7 Å². The highest BCUT2D eigenvalue weighted by Gasteiger charge is 2.22. The highest BCUT2D eigenvalue weighted by atomic mass is 16.5. The molecule has 0 bridgehead atoms. The van der Waals surface area contributed by atoms with Crippen molar-refractivity contribution in [3.63, 3.8) is 0 Å². The molecule has 1 aromatic rings. The second kappa shape index (κ2) is 6.65. The van der Waals surface area contributed by atoms with E-state index in [4.69, 9.17) is 4.74 Å². The second-order valence-electron chi connectivity index (χ2n) is 4.69. The van der Waals surface area contributed by atoms with E-state index in [2.05, 4.69) is 6.92 Å². The fourth-order valence-corrected chi connectivity index (χ4v) is 1.94. The van der Waals surface area contributed by atoms with Crippen LogP contribution in [0, 0.1) is 0 Å². The Morgan fingerprint density at radius 1 is 1.12 bits per heavy atom. The first-order chi connectivity index (χ1) is 8.10. The van der Waals surface area contributed by atoms with Crippen LogP contribution in [0.4, 0.5) is 0 Å². The first-order valence-electron chi connectivity index (χ1n) is 6.56. The van der Waals surface area contributed by atoms with E-state index >= 15 is 0 Å². The third kappa shape index (κ3) is 4.39. The smallest absolute Gasteiger partial charge is 0.119 e. The Balaban J connectivity index is 2.63. The zero-order chi connectivity index (χ0) is 12.7. The van der Waals surface area contributed by atoms with E-state index in [1.165, 1.54) is 12.8 Å². The largest absolute Gasteiger partial charge is 0.494 e. The highest BCUT2D eigenvalue weighted by Crippen LogP contribution is 2.28. The van der Waals surface area contributed by atoms with E-state index in [1.54, 1.807) is 0 Å². The van der Waals surface area contributed by atoms with Gasteiger partial charge in [-0.1, -0.05) is 38.3 Å². The average molecular weight is 236 g/mol. The van der Waals surface area contributed by atoms with Crippen LogP contribution >= 0.6 is 0 Å². The van der Waals surface area contributed by atoms with Crippen molar-refractivity contribution in [2.45, 2.75) is 52.1 Å². The van der Waals surface area contributed by atoms with Crippen molar-refractivity contribution in [3.8, 4) is 5.75 Å². The van der Waals surface area contributed by atoms with Crippen LogP contribution in [0.2, 0.25) is 0 Å². The molecule has 1 N–H and O–H groups in total. The Morgan fingerprint density at radius 3 is 2.29 bits per heavy atom. The minimum Gasteiger partial charge on any atom is -0.494 e. The van der Waals surface area contributed by atoms with Crippen LogP contribution in [0.3, 0.4) is 0 Å². The van der Waals surface area contributed by atoms with Crippen molar-refractivity contribution < 1.29 is 9.84 Å². The molecule has 0 aliphatic rings. The van der Waals surface area contributed by atoms with Gasteiger partial charge >= 0.3 is 0 Å². The lowest BCUT2D eigenvalue weighted by Gasteiger charge is -2.24. The van der Waals surface area contributed by atoms with Crippen molar-refractivity contribution >= 4 is 0 Å². The number of hydrogen-bond donors (Lipinski definition) is 1. The third-order valence-corrected chi connectivity index (χ3v) is 3.05. The van der Waals surface area contributed by atoms with Gasteiger partial charge in [-0.2, -0.15) is 0 Å². The summed E-state index contributed by atoms with van der Waals surface area (Å²) in [6.45, 7) is 6.70. The van der Waals surface area contributed by atoms with E-state index in [0.717, 1.165) is 24.2 Å². The molecular weight excluding hydrogens is 212 g/mol. The second-order valence-corrected chi connectivity index (χ2v) is 4.69. The van der Waals surface area contributed by atoms with Crippen molar-refractivity contribution in [2.24, 2.45) is 0 Å². The predicted molar refractivity (Wildman–Crippen MR) is 71.3 cm³/mol. The standard InChI is InChI=1S/C15H24O2/c1-4-6-7-12-15(3,16)13-8-10-14(11-9-13)17-5-2/h8-11,16H,4-7,12H2,1-3H3. The molecule has 1 aromatic carbocycles.